The van der Waals surface area contributed by atoms with Crippen LogP contribution in [0, 0.1) is 0 Å². The molecular formula is C16H27N3O3. The topological polar surface area (TPSA) is 76.8 Å². The van der Waals surface area contributed by atoms with Gasteiger partial charge in [0, 0.05) is 26.7 Å². The molecule has 3 N–H and O–H groups in total. The monoisotopic (exact) mass is 309 g/mol. The van der Waals surface area contributed by atoms with E-state index in [1.165, 1.54) is 0 Å². The number of hydrogen-bond acceptors (Lipinski definition) is 5. The molecule has 0 saturated carbocycles. The number of amides is 1. The van der Waals surface area contributed by atoms with Gasteiger partial charge < -0.3 is 25.4 Å². The SMILES string of the molecule is CNc1cc(OCCCN(C)C(=O)OC(C)(C)C)ccc1N. The summed E-state index contributed by atoms with van der Waals surface area (Å²) < 4.78 is 10.9. The van der Waals surface area contributed by atoms with Crippen molar-refractivity contribution in [3.05, 3.63) is 18.2 Å². The van der Waals surface area contributed by atoms with Crippen molar-refractivity contribution in [1.82, 2.24) is 4.90 Å². The Bertz CT molecular complexity index is 498. The molecule has 0 heterocycles. The Morgan fingerprint density at radius 3 is 2.64 bits per heavy atom. The zero-order valence-electron chi connectivity index (χ0n) is 14.1. The van der Waals surface area contributed by atoms with Crippen molar-refractivity contribution >= 4 is 17.5 Å². The zero-order valence-corrected chi connectivity index (χ0v) is 14.1. The Hall–Kier alpha value is -2.11. The van der Waals surface area contributed by atoms with Crippen LogP contribution in [-0.2, 0) is 4.74 Å². The highest BCUT2D eigenvalue weighted by atomic mass is 16.6. The van der Waals surface area contributed by atoms with Crippen molar-refractivity contribution in [3.8, 4) is 5.75 Å². The average Bonchev–Trinajstić information content (AvgIpc) is 2.43. The molecule has 0 fully saturated rings. The van der Waals surface area contributed by atoms with Gasteiger partial charge in [-0.1, -0.05) is 0 Å². The van der Waals surface area contributed by atoms with Gasteiger partial charge in [-0.15, -0.1) is 0 Å². The molecule has 0 aliphatic carbocycles. The van der Waals surface area contributed by atoms with Crippen LogP contribution < -0.4 is 15.8 Å². The molecule has 0 radical (unpaired) electrons. The van der Waals surface area contributed by atoms with E-state index in [2.05, 4.69) is 5.32 Å². The van der Waals surface area contributed by atoms with Crippen LogP contribution in [0.3, 0.4) is 0 Å². The van der Waals surface area contributed by atoms with E-state index in [4.69, 9.17) is 15.2 Å². The van der Waals surface area contributed by atoms with Crippen LogP contribution in [0.5, 0.6) is 5.75 Å². The van der Waals surface area contributed by atoms with E-state index >= 15 is 0 Å². The summed E-state index contributed by atoms with van der Waals surface area (Å²) in [5.41, 5.74) is 6.84. The van der Waals surface area contributed by atoms with Gasteiger partial charge in [0.25, 0.3) is 0 Å². The van der Waals surface area contributed by atoms with Crippen LogP contribution in [0.4, 0.5) is 16.2 Å². The van der Waals surface area contributed by atoms with Gasteiger partial charge in [0.1, 0.15) is 11.4 Å². The molecule has 0 bridgehead atoms. The first kappa shape index (κ1) is 17.9. The lowest BCUT2D eigenvalue weighted by atomic mass is 10.2. The lowest BCUT2D eigenvalue weighted by Gasteiger charge is -2.24. The second kappa shape index (κ2) is 7.77. The van der Waals surface area contributed by atoms with E-state index in [9.17, 15) is 4.79 Å². The molecule has 1 amide bonds. The van der Waals surface area contributed by atoms with E-state index in [0.717, 1.165) is 17.9 Å². The van der Waals surface area contributed by atoms with Gasteiger partial charge >= 0.3 is 6.09 Å². The molecule has 6 nitrogen and oxygen atoms in total. The molecule has 1 rings (SSSR count). The van der Waals surface area contributed by atoms with Crippen LogP contribution >= 0.6 is 0 Å². The minimum Gasteiger partial charge on any atom is -0.493 e. The smallest absolute Gasteiger partial charge is 0.410 e. The molecule has 22 heavy (non-hydrogen) atoms. The van der Waals surface area contributed by atoms with Crippen molar-refractivity contribution in [3.63, 3.8) is 0 Å². The van der Waals surface area contributed by atoms with E-state index < -0.39 is 5.60 Å². The Morgan fingerprint density at radius 2 is 2.05 bits per heavy atom. The van der Waals surface area contributed by atoms with Crippen molar-refractivity contribution in [1.29, 1.82) is 0 Å². The molecular weight excluding hydrogens is 282 g/mol. The van der Waals surface area contributed by atoms with Gasteiger partial charge in [-0.05, 0) is 39.3 Å². The number of benzene rings is 1. The van der Waals surface area contributed by atoms with Gasteiger partial charge in [0.15, 0.2) is 0 Å². The highest BCUT2D eigenvalue weighted by Crippen LogP contribution is 2.24. The molecule has 124 valence electrons. The molecule has 0 spiro atoms. The maximum absolute atomic E-state index is 11.8. The first-order valence-corrected chi connectivity index (χ1v) is 7.37. The lowest BCUT2D eigenvalue weighted by Crippen LogP contribution is -2.35. The number of nitrogen functional groups attached to an aromatic ring is 1. The minimum absolute atomic E-state index is 0.322. The van der Waals surface area contributed by atoms with E-state index in [0.29, 0.717) is 18.8 Å². The second-order valence-corrected chi connectivity index (χ2v) is 6.10. The van der Waals surface area contributed by atoms with Crippen LogP contribution in [0.1, 0.15) is 27.2 Å². The predicted molar refractivity (Wildman–Crippen MR) is 89.4 cm³/mol. The Balaban J connectivity index is 2.34. The van der Waals surface area contributed by atoms with Gasteiger partial charge in [-0.25, -0.2) is 4.79 Å². The third kappa shape index (κ3) is 6.11. The number of nitrogens with two attached hydrogens (primary N) is 1. The number of anilines is 2. The minimum atomic E-state index is -0.477. The van der Waals surface area contributed by atoms with E-state index in [1.54, 1.807) is 18.0 Å². The third-order valence-corrected chi connectivity index (χ3v) is 2.91. The number of carbonyl (C=O) groups is 1. The summed E-state index contributed by atoms with van der Waals surface area (Å²) in [5, 5.41) is 3.01. The summed E-state index contributed by atoms with van der Waals surface area (Å²) >= 11 is 0. The molecule has 6 heteroatoms. The quantitative estimate of drug-likeness (QED) is 0.624. The highest BCUT2D eigenvalue weighted by Gasteiger charge is 2.19. The number of rotatable bonds is 6. The van der Waals surface area contributed by atoms with Crippen molar-refractivity contribution in [2.24, 2.45) is 0 Å². The van der Waals surface area contributed by atoms with Crippen LogP contribution in [0.15, 0.2) is 18.2 Å². The van der Waals surface area contributed by atoms with Gasteiger partial charge in [0.2, 0.25) is 0 Å². The molecule has 0 aliphatic rings. The number of carbonyl (C=O) groups excluding carboxylic acids is 1. The van der Waals surface area contributed by atoms with Crippen molar-refractivity contribution in [2.45, 2.75) is 32.8 Å². The maximum atomic E-state index is 11.8. The summed E-state index contributed by atoms with van der Waals surface area (Å²) in [5.74, 6) is 0.749. The fourth-order valence-electron chi connectivity index (χ4n) is 1.76. The normalized spacial score (nSPS) is 11.0. The molecule has 0 unspecified atom stereocenters. The number of nitrogens with one attached hydrogen (secondary N) is 1. The van der Waals surface area contributed by atoms with E-state index in [-0.39, 0.29) is 6.09 Å². The lowest BCUT2D eigenvalue weighted by molar-refractivity contribution is 0.0292. The summed E-state index contributed by atoms with van der Waals surface area (Å²) in [4.78, 5) is 13.3. The maximum Gasteiger partial charge on any atom is 0.410 e. The fraction of sp³-hybridized carbons (Fsp3) is 0.562. The summed E-state index contributed by atoms with van der Waals surface area (Å²) in [7, 11) is 3.53. The van der Waals surface area contributed by atoms with Crippen LogP contribution in [0.2, 0.25) is 0 Å². The van der Waals surface area contributed by atoms with Crippen LogP contribution in [-0.4, -0.2) is 43.8 Å². The molecule has 1 aromatic rings. The van der Waals surface area contributed by atoms with Gasteiger partial charge in [0.05, 0.1) is 18.0 Å². The van der Waals surface area contributed by atoms with E-state index in [1.807, 2.05) is 40.0 Å². The highest BCUT2D eigenvalue weighted by molar-refractivity contribution is 5.68. The zero-order chi connectivity index (χ0) is 16.8. The summed E-state index contributed by atoms with van der Waals surface area (Å²) in [6.07, 6.45) is 0.395. The van der Waals surface area contributed by atoms with Crippen molar-refractivity contribution in [2.75, 3.05) is 38.3 Å². The first-order valence-electron chi connectivity index (χ1n) is 7.37. The van der Waals surface area contributed by atoms with Gasteiger partial charge in [-0.3, -0.25) is 0 Å². The second-order valence-electron chi connectivity index (χ2n) is 6.10. The molecule has 0 aromatic heterocycles. The Kier molecular flexibility index (Phi) is 6.34. The Labute approximate surface area is 132 Å². The van der Waals surface area contributed by atoms with Crippen molar-refractivity contribution < 1.29 is 14.3 Å². The third-order valence-electron chi connectivity index (χ3n) is 2.91. The molecule has 0 atom stereocenters. The largest absolute Gasteiger partial charge is 0.493 e. The van der Waals surface area contributed by atoms with Gasteiger partial charge in [-0.2, -0.15) is 0 Å². The van der Waals surface area contributed by atoms with Crippen LogP contribution in [0.25, 0.3) is 0 Å². The standard InChI is InChI=1S/C16H27N3O3/c1-16(2,3)22-15(20)19(5)9-6-10-21-12-7-8-13(17)14(11-12)18-4/h7-8,11,18H,6,9-10,17H2,1-5H3. The molecule has 0 aliphatic heterocycles. The predicted octanol–water partition coefficient (Wildman–Crippen LogP) is 2.95. The Morgan fingerprint density at radius 1 is 1.36 bits per heavy atom. The molecule has 1 aromatic carbocycles. The average molecular weight is 309 g/mol. The number of hydrogen-bond donors (Lipinski definition) is 2. The summed E-state index contributed by atoms with van der Waals surface area (Å²) in [6, 6.07) is 5.48. The number of ether oxygens (including phenoxy) is 2. The fourth-order valence-corrected chi connectivity index (χ4v) is 1.76. The molecule has 0 saturated heterocycles. The summed E-state index contributed by atoms with van der Waals surface area (Å²) in [6.45, 7) is 6.63. The number of nitrogens with zero attached hydrogens (tertiary/aromatic N) is 1. The first-order chi connectivity index (χ1) is 10.2.